The summed E-state index contributed by atoms with van der Waals surface area (Å²) in [5.41, 5.74) is 1.60. The highest BCUT2D eigenvalue weighted by Crippen LogP contribution is 2.23. The van der Waals surface area contributed by atoms with E-state index in [9.17, 15) is 4.79 Å². The summed E-state index contributed by atoms with van der Waals surface area (Å²) < 4.78 is 5.87. The first kappa shape index (κ1) is 15.6. The van der Waals surface area contributed by atoms with E-state index in [1.165, 1.54) is 0 Å². The predicted molar refractivity (Wildman–Crippen MR) is 95.7 cm³/mol. The van der Waals surface area contributed by atoms with Crippen molar-refractivity contribution in [2.24, 2.45) is 0 Å². The quantitative estimate of drug-likeness (QED) is 0.738. The minimum absolute atomic E-state index is 0.0454. The van der Waals surface area contributed by atoms with Crippen LogP contribution >= 0.6 is 0 Å². The number of amides is 1. The summed E-state index contributed by atoms with van der Waals surface area (Å²) in [6.45, 7) is 3.14. The Kier molecular flexibility index (Phi) is 4.06. The normalized spacial score (nSPS) is 17.0. The third-order valence-electron chi connectivity index (χ3n) is 4.51. The Labute approximate surface area is 146 Å². The summed E-state index contributed by atoms with van der Waals surface area (Å²) in [6.07, 6.45) is 0.752. The molecule has 1 aliphatic rings. The van der Waals surface area contributed by atoms with E-state index in [1.807, 2.05) is 66.4 Å². The molecule has 4 rings (SSSR count). The smallest absolute Gasteiger partial charge is 0.254 e. The van der Waals surface area contributed by atoms with Gasteiger partial charge in [0.25, 0.3) is 5.91 Å². The molecule has 0 bridgehead atoms. The fourth-order valence-electron chi connectivity index (χ4n) is 3.21. The highest BCUT2D eigenvalue weighted by atomic mass is 16.5. The molecular formula is C20H19N3O2. The average molecular weight is 333 g/mol. The van der Waals surface area contributed by atoms with E-state index in [4.69, 9.17) is 4.74 Å². The maximum Gasteiger partial charge on any atom is 0.254 e. The van der Waals surface area contributed by atoms with Gasteiger partial charge in [0.2, 0.25) is 5.88 Å². The van der Waals surface area contributed by atoms with Crippen LogP contribution in [-0.2, 0) is 0 Å². The van der Waals surface area contributed by atoms with Crippen LogP contribution in [0.2, 0.25) is 0 Å². The van der Waals surface area contributed by atoms with Crippen LogP contribution < -0.4 is 4.74 Å². The van der Waals surface area contributed by atoms with Gasteiger partial charge >= 0.3 is 0 Å². The molecule has 0 radical (unpaired) electrons. The number of aromatic nitrogens is 2. The number of nitrogens with zero attached hydrogens (tertiary/aromatic N) is 3. The van der Waals surface area contributed by atoms with Crippen molar-refractivity contribution in [1.82, 2.24) is 15.1 Å². The van der Waals surface area contributed by atoms with Gasteiger partial charge in [-0.2, -0.15) is 5.10 Å². The molecule has 126 valence electrons. The molecule has 2 aromatic carbocycles. The summed E-state index contributed by atoms with van der Waals surface area (Å²) in [7, 11) is 0. The molecule has 5 nitrogen and oxygen atoms in total. The highest BCUT2D eigenvalue weighted by Gasteiger charge is 2.29. The van der Waals surface area contributed by atoms with Crippen LogP contribution in [0.15, 0.2) is 54.6 Å². The number of rotatable bonds is 3. The number of ether oxygens (including phenoxy) is 1. The Morgan fingerprint density at radius 3 is 2.76 bits per heavy atom. The van der Waals surface area contributed by atoms with Crippen LogP contribution in [0.25, 0.3) is 10.8 Å². The van der Waals surface area contributed by atoms with Crippen molar-refractivity contribution in [2.45, 2.75) is 19.4 Å². The van der Waals surface area contributed by atoms with Crippen LogP contribution in [0.3, 0.4) is 0 Å². The van der Waals surface area contributed by atoms with Gasteiger partial charge in [0, 0.05) is 24.6 Å². The minimum Gasteiger partial charge on any atom is -0.471 e. The summed E-state index contributed by atoms with van der Waals surface area (Å²) >= 11 is 0. The van der Waals surface area contributed by atoms with Crippen molar-refractivity contribution >= 4 is 16.7 Å². The molecule has 1 aliphatic heterocycles. The molecule has 1 amide bonds. The van der Waals surface area contributed by atoms with E-state index in [0.717, 1.165) is 28.5 Å². The third kappa shape index (κ3) is 3.18. The van der Waals surface area contributed by atoms with Gasteiger partial charge in [-0.1, -0.05) is 36.4 Å². The zero-order chi connectivity index (χ0) is 17.2. The molecule has 1 aromatic heterocycles. The Morgan fingerprint density at radius 2 is 1.92 bits per heavy atom. The van der Waals surface area contributed by atoms with E-state index in [-0.39, 0.29) is 12.0 Å². The zero-order valence-electron chi connectivity index (χ0n) is 14.1. The number of likely N-dealkylation sites (tertiary alicyclic amines) is 1. The third-order valence-corrected chi connectivity index (χ3v) is 4.51. The van der Waals surface area contributed by atoms with Gasteiger partial charge in [-0.05, 0) is 29.8 Å². The van der Waals surface area contributed by atoms with Gasteiger partial charge in [-0.25, -0.2) is 0 Å². The highest BCUT2D eigenvalue weighted by molar-refractivity contribution is 6.07. The second kappa shape index (κ2) is 6.51. The molecule has 25 heavy (non-hydrogen) atoms. The van der Waals surface area contributed by atoms with E-state index in [2.05, 4.69) is 10.2 Å². The minimum atomic E-state index is -0.0454. The maximum absolute atomic E-state index is 12.9. The lowest BCUT2D eigenvalue weighted by Crippen LogP contribution is -2.31. The Balaban J connectivity index is 1.49. The molecule has 1 saturated heterocycles. The number of hydrogen-bond acceptors (Lipinski definition) is 4. The van der Waals surface area contributed by atoms with E-state index >= 15 is 0 Å². The topological polar surface area (TPSA) is 55.3 Å². The van der Waals surface area contributed by atoms with Gasteiger partial charge in [0.15, 0.2) is 0 Å². The number of hydrogen-bond donors (Lipinski definition) is 0. The van der Waals surface area contributed by atoms with Crippen molar-refractivity contribution in [2.75, 3.05) is 13.1 Å². The number of carbonyl (C=O) groups is 1. The molecule has 5 heteroatoms. The van der Waals surface area contributed by atoms with Crippen molar-refractivity contribution in [3.63, 3.8) is 0 Å². The first-order chi connectivity index (χ1) is 12.2. The molecule has 3 aromatic rings. The first-order valence-corrected chi connectivity index (χ1v) is 8.45. The standard InChI is InChI=1S/C20H19N3O2/c1-14-9-10-19(22-21-14)25-16-11-12-23(13-16)20(24)18-8-4-6-15-5-2-3-7-17(15)18/h2-10,16H,11-13H2,1H3. The number of fused-ring (bicyclic) bond motifs is 1. The van der Waals surface area contributed by atoms with Crippen molar-refractivity contribution in [1.29, 1.82) is 0 Å². The maximum atomic E-state index is 12.9. The SMILES string of the molecule is Cc1ccc(OC2CCN(C(=O)c3cccc4ccccc34)C2)nn1. The fourth-order valence-corrected chi connectivity index (χ4v) is 3.21. The second-order valence-corrected chi connectivity index (χ2v) is 6.32. The molecule has 0 saturated carbocycles. The molecule has 0 N–H and O–H groups in total. The largest absolute Gasteiger partial charge is 0.471 e. The molecular weight excluding hydrogens is 314 g/mol. The lowest BCUT2D eigenvalue weighted by Gasteiger charge is -2.18. The van der Waals surface area contributed by atoms with Crippen LogP contribution in [0, 0.1) is 6.92 Å². The van der Waals surface area contributed by atoms with Gasteiger partial charge in [-0.3, -0.25) is 4.79 Å². The number of carbonyl (C=O) groups excluding carboxylic acids is 1. The van der Waals surface area contributed by atoms with Crippen molar-refractivity contribution < 1.29 is 9.53 Å². The van der Waals surface area contributed by atoms with E-state index in [1.54, 1.807) is 0 Å². The van der Waals surface area contributed by atoms with Crippen LogP contribution in [0.5, 0.6) is 5.88 Å². The van der Waals surface area contributed by atoms with Crippen molar-refractivity contribution in [3.8, 4) is 5.88 Å². The monoisotopic (exact) mass is 333 g/mol. The summed E-state index contributed by atoms with van der Waals surface area (Å²) in [6, 6.07) is 17.5. The van der Waals surface area contributed by atoms with Gasteiger partial charge in [0.05, 0.1) is 12.2 Å². The Hall–Kier alpha value is -2.95. The zero-order valence-corrected chi connectivity index (χ0v) is 14.1. The van der Waals surface area contributed by atoms with Crippen LogP contribution in [0.1, 0.15) is 22.5 Å². The average Bonchev–Trinajstić information content (AvgIpc) is 3.11. The van der Waals surface area contributed by atoms with Gasteiger partial charge in [-0.15, -0.1) is 5.10 Å². The summed E-state index contributed by atoms with van der Waals surface area (Å²) in [5.74, 6) is 0.563. The molecule has 2 heterocycles. The number of benzene rings is 2. The second-order valence-electron chi connectivity index (χ2n) is 6.32. The molecule has 0 spiro atoms. The molecule has 1 fully saturated rings. The lowest BCUT2D eigenvalue weighted by molar-refractivity contribution is 0.0773. The van der Waals surface area contributed by atoms with E-state index in [0.29, 0.717) is 19.0 Å². The number of aryl methyl sites for hydroxylation is 1. The molecule has 0 aliphatic carbocycles. The van der Waals surface area contributed by atoms with E-state index < -0.39 is 0 Å². The summed E-state index contributed by atoms with van der Waals surface area (Å²) in [4.78, 5) is 14.8. The molecule has 1 unspecified atom stereocenters. The van der Waals surface area contributed by atoms with Gasteiger partial charge < -0.3 is 9.64 Å². The predicted octanol–water partition coefficient (Wildman–Crippen LogP) is 3.23. The fraction of sp³-hybridized carbons (Fsp3) is 0.250. The van der Waals surface area contributed by atoms with Crippen molar-refractivity contribution in [3.05, 3.63) is 65.9 Å². The van der Waals surface area contributed by atoms with Crippen LogP contribution in [0.4, 0.5) is 0 Å². The summed E-state index contributed by atoms with van der Waals surface area (Å²) in [5, 5.41) is 10.1. The van der Waals surface area contributed by atoms with Gasteiger partial charge in [0.1, 0.15) is 6.10 Å². The van der Waals surface area contributed by atoms with Crippen LogP contribution in [-0.4, -0.2) is 40.2 Å². The first-order valence-electron chi connectivity index (χ1n) is 8.45. The lowest BCUT2D eigenvalue weighted by atomic mass is 10.0. The Morgan fingerprint density at radius 1 is 1.08 bits per heavy atom. The Bertz CT molecular complexity index is 903. The molecule has 1 atom stereocenters.